The quantitative estimate of drug-likeness (QED) is 0.358. The molecule has 1 unspecified atom stereocenters. The Morgan fingerprint density at radius 3 is 2.84 bits per heavy atom. The fraction of sp³-hybridized carbons (Fsp3) is 0.583. The van der Waals surface area contributed by atoms with Gasteiger partial charge in [0.15, 0.2) is 17.5 Å². The van der Waals surface area contributed by atoms with Crippen LogP contribution < -0.4 is 14.8 Å². The van der Waals surface area contributed by atoms with Gasteiger partial charge < -0.3 is 19.7 Å². The summed E-state index contributed by atoms with van der Waals surface area (Å²) in [5, 5.41) is 7.77. The molecular weight excluding hydrogens is 390 g/mol. The maximum absolute atomic E-state index is 5.69. The van der Waals surface area contributed by atoms with Gasteiger partial charge in [-0.25, -0.2) is 0 Å². The normalized spacial score (nSPS) is 16.6. The zero-order chi connectivity index (χ0) is 22.1. The number of hydrogen-bond acceptors (Lipinski definition) is 4. The van der Waals surface area contributed by atoms with Crippen molar-refractivity contribution in [2.75, 3.05) is 39.9 Å². The number of hydrogen-bond donors (Lipinski definition) is 1. The van der Waals surface area contributed by atoms with E-state index in [2.05, 4.69) is 40.6 Å². The maximum atomic E-state index is 5.69. The van der Waals surface area contributed by atoms with Crippen LogP contribution in [0.3, 0.4) is 0 Å². The topological polar surface area (TPSA) is 63.9 Å². The standard InChI is InChI=1S/C24H37N5O2/c1-5-25-24(29-13-11-20(18-29)14-21-16-27-28(3)17-21)26-12-7-8-19-9-10-22(30-4)23(15-19)31-6-2/h9-10,15-17,20H,5-8,11-14,18H2,1-4H3,(H,25,26). The van der Waals surface area contributed by atoms with Crippen molar-refractivity contribution in [3.63, 3.8) is 0 Å². The van der Waals surface area contributed by atoms with Gasteiger partial charge in [-0.05, 0) is 68.7 Å². The largest absolute Gasteiger partial charge is 0.493 e. The molecule has 170 valence electrons. The second-order valence-electron chi connectivity index (χ2n) is 8.08. The first-order chi connectivity index (χ1) is 15.1. The van der Waals surface area contributed by atoms with E-state index in [4.69, 9.17) is 14.5 Å². The van der Waals surface area contributed by atoms with Crippen molar-refractivity contribution < 1.29 is 9.47 Å². The molecule has 1 fully saturated rings. The summed E-state index contributed by atoms with van der Waals surface area (Å²) in [5.74, 6) is 3.30. The Morgan fingerprint density at radius 2 is 2.13 bits per heavy atom. The van der Waals surface area contributed by atoms with Crippen molar-refractivity contribution in [2.24, 2.45) is 18.0 Å². The molecule has 0 bridgehead atoms. The molecule has 1 saturated heterocycles. The number of benzene rings is 1. The number of guanidine groups is 1. The maximum Gasteiger partial charge on any atom is 0.193 e. The third-order valence-corrected chi connectivity index (χ3v) is 5.62. The number of ether oxygens (including phenoxy) is 2. The lowest BCUT2D eigenvalue weighted by molar-refractivity contribution is 0.310. The highest BCUT2D eigenvalue weighted by Crippen LogP contribution is 2.28. The van der Waals surface area contributed by atoms with Crippen LogP contribution in [0.4, 0.5) is 0 Å². The lowest BCUT2D eigenvalue weighted by Gasteiger charge is -2.21. The first-order valence-corrected chi connectivity index (χ1v) is 11.4. The van der Waals surface area contributed by atoms with E-state index in [-0.39, 0.29) is 0 Å². The van der Waals surface area contributed by atoms with E-state index in [0.717, 1.165) is 62.9 Å². The number of methoxy groups -OCH3 is 1. The van der Waals surface area contributed by atoms with Crippen LogP contribution in [-0.2, 0) is 19.9 Å². The van der Waals surface area contributed by atoms with Gasteiger partial charge >= 0.3 is 0 Å². The number of nitrogens with zero attached hydrogens (tertiary/aromatic N) is 4. The third-order valence-electron chi connectivity index (χ3n) is 5.62. The second-order valence-corrected chi connectivity index (χ2v) is 8.08. The first kappa shape index (κ1) is 23.0. The number of aryl methyl sites for hydroxylation is 2. The predicted octanol–water partition coefficient (Wildman–Crippen LogP) is 3.29. The molecule has 0 amide bonds. The molecule has 1 aliphatic rings. The number of likely N-dealkylation sites (tertiary alicyclic amines) is 1. The molecule has 7 nitrogen and oxygen atoms in total. The number of aliphatic imine (C=N–C) groups is 1. The van der Waals surface area contributed by atoms with Gasteiger partial charge in [-0.15, -0.1) is 0 Å². The highest BCUT2D eigenvalue weighted by atomic mass is 16.5. The highest BCUT2D eigenvalue weighted by molar-refractivity contribution is 5.80. The molecule has 1 atom stereocenters. The van der Waals surface area contributed by atoms with Crippen molar-refractivity contribution >= 4 is 5.96 Å². The molecule has 2 aromatic rings. The van der Waals surface area contributed by atoms with Crippen molar-refractivity contribution in [3.8, 4) is 11.5 Å². The summed E-state index contributed by atoms with van der Waals surface area (Å²) in [6.07, 6.45) is 8.36. The van der Waals surface area contributed by atoms with E-state index in [1.807, 2.05) is 30.9 Å². The number of nitrogens with one attached hydrogen (secondary N) is 1. The molecule has 0 spiro atoms. The van der Waals surface area contributed by atoms with E-state index >= 15 is 0 Å². The van der Waals surface area contributed by atoms with Gasteiger partial charge in [0.05, 0.1) is 19.9 Å². The monoisotopic (exact) mass is 427 g/mol. The van der Waals surface area contributed by atoms with Crippen LogP contribution in [0.15, 0.2) is 35.6 Å². The molecule has 3 rings (SSSR count). The summed E-state index contributed by atoms with van der Waals surface area (Å²) in [4.78, 5) is 7.32. The van der Waals surface area contributed by atoms with Crippen LogP contribution in [0.1, 0.15) is 37.8 Å². The Bertz CT molecular complexity index is 848. The molecule has 0 radical (unpaired) electrons. The van der Waals surface area contributed by atoms with Gasteiger partial charge in [0.25, 0.3) is 0 Å². The number of rotatable bonds is 10. The van der Waals surface area contributed by atoms with Crippen molar-refractivity contribution in [1.82, 2.24) is 20.0 Å². The van der Waals surface area contributed by atoms with E-state index in [0.29, 0.717) is 12.5 Å². The summed E-state index contributed by atoms with van der Waals surface area (Å²) in [7, 11) is 3.65. The van der Waals surface area contributed by atoms with Gasteiger partial charge in [0.1, 0.15) is 0 Å². The predicted molar refractivity (Wildman–Crippen MR) is 125 cm³/mol. The molecule has 7 heteroatoms. The zero-order valence-electron chi connectivity index (χ0n) is 19.4. The second kappa shape index (κ2) is 11.6. The zero-order valence-corrected chi connectivity index (χ0v) is 19.4. The minimum Gasteiger partial charge on any atom is -0.493 e. The van der Waals surface area contributed by atoms with Crippen molar-refractivity contribution in [1.29, 1.82) is 0 Å². The van der Waals surface area contributed by atoms with E-state index in [9.17, 15) is 0 Å². The highest BCUT2D eigenvalue weighted by Gasteiger charge is 2.25. The summed E-state index contributed by atoms with van der Waals surface area (Å²) in [5.41, 5.74) is 2.57. The Hall–Kier alpha value is -2.70. The number of aromatic nitrogens is 2. The summed E-state index contributed by atoms with van der Waals surface area (Å²) in [6.45, 7) is 8.56. The molecule has 1 aliphatic heterocycles. The van der Waals surface area contributed by atoms with Crippen LogP contribution in [-0.4, -0.2) is 60.5 Å². The molecule has 0 aliphatic carbocycles. The van der Waals surface area contributed by atoms with Crippen LogP contribution in [0.2, 0.25) is 0 Å². The minimum atomic E-state index is 0.633. The average molecular weight is 428 g/mol. The minimum absolute atomic E-state index is 0.633. The van der Waals surface area contributed by atoms with E-state index in [1.54, 1.807) is 7.11 Å². The smallest absolute Gasteiger partial charge is 0.193 e. The summed E-state index contributed by atoms with van der Waals surface area (Å²) < 4.78 is 13.0. The lowest BCUT2D eigenvalue weighted by atomic mass is 10.0. The Balaban J connectivity index is 1.51. The van der Waals surface area contributed by atoms with Crippen LogP contribution in [0, 0.1) is 5.92 Å². The average Bonchev–Trinajstić information content (AvgIpc) is 3.40. The molecule has 0 saturated carbocycles. The van der Waals surface area contributed by atoms with Crippen LogP contribution in [0.5, 0.6) is 11.5 Å². The fourth-order valence-corrected chi connectivity index (χ4v) is 4.14. The van der Waals surface area contributed by atoms with Gasteiger partial charge in [-0.2, -0.15) is 5.10 Å². The molecule has 1 aromatic carbocycles. The van der Waals surface area contributed by atoms with Crippen LogP contribution >= 0.6 is 0 Å². The molecule has 2 heterocycles. The van der Waals surface area contributed by atoms with Crippen LogP contribution in [0.25, 0.3) is 0 Å². The van der Waals surface area contributed by atoms with Gasteiger partial charge in [0, 0.05) is 39.4 Å². The lowest BCUT2D eigenvalue weighted by Crippen LogP contribution is -2.40. The molecule has 1 aromatic heterocycles. The van der Waals surface area contributed by atoms with E-state index in [1.165, 1.54) is 17.5 Å². The van der Waals surface area contributed by atoms with E-state index < -0.39 is 0 Å². The Morgan fingerprint density at radius 1 is 1.26 bits per heavy atom. The Kier molecular flexibility index (Phi) is 8.62. The Labute approximate surface area is 186 Å². The summed E-state index contributed by atoms with van der Waals surface area (Å²) in [6, 6.07) is 6.18. The fourth-order valence-electron chi connectivity index (χ4n) is 4.14. The first-order valence-electron chi connectivity index (χ1n) is 11.4. The van der Waals surface area contributed by atoms with Gasteiger partial charge in [-0.3, -0.25) is 9.67 Å². The molecule has 31 heavy (non-hydrogen) atoms. The van der Waals surface area contributed by atoms with Crippen molar-refractivity contribution in [3.05, 3.63) is 41.7 Å². The molecular formula is C24H37N5O2. The third kappa shape index (κ3) is 6.64. The summed E-state index contributed by atoms with van der Waals surface area (Å²) >= 11 is 0. The molecule has 1 N–H and O–H groups in total. The van der Waals surface area contributed by atoms with Gasteiger partial charge in [-0.1, -0.05) is 6.07 Å². The van der Waals surface area contributed by atoms with Crippen molar-refractivity contribution in [2.45, 2.75) is 39.5 Å². The SMILES string of the molecule is CCNC(=NCCCc1ccc(OC)c(OCC)c1)N1CCC(Cc2cnn(C)c2)C1. The van der Waals surface area contributed by atoms with Gasteiger partial charge in [0.2, 0.25) is 0 Å².